The van der Waals surface area contributed by atoms with Crippen molar-refractivity contribution in [2.45, 2.75) is 24.2 Å². The zero-order valence-corrected chi connectivity index (χ0v) is 12.2. The molecule has 0 atom stereocenters. The maximum absolute atomic E-state index is 11.4. The molecule has 7 heteroatoms. The van der Waals surface area contributed by atoms with Crippen LogP contribution in [-0.4, -0.2) is 29.4 Å². The SMILES string of the molecule is CCn1c(CCl)nnc1-c1ccc(S(C)(=O)=O)cc1. The molecule has 0 aliphatic carbocycles. The fraction of sp³-hybridized carbons (Fsp3) is 0.333. The monoisotopic (exact) mass is 299 g/mol. The van der Waals surface area contributed by atoms with Crippen LogP contribution in [0.1, 0.15) is 12.7 Å². The van der Waals surface area contributed by atoms with Crippen LogP contribution in [0.15, 0.2) is 29.2 Å². The van der Waals surface area contributed by atoms with Crippen molar-refractivity contribution in [2.75, 3.05) is 6.26 Å². The van der Waals surface area contributed by atoms with Gasteiger partial charge in [-0.3, -0.25) is 0 Å². The molecule has 0 unspecified atom stereocenters. The van der Waals surface area contributed by atoms with Gasteiger partial charge in [0, 0.05) is 18.4 Å². The van der Waals surface area contributed by atoms with Crippen LogP contribution in [0.25, 0.3) is 11.4 Å². The van der Waals surface area contributed by atoms with E-state index in [0.29, 0.717) is 24.1 Å². The van der Waals surface area contributed by atoms with Gasteiger partial charge in [0.2, 0.25) is 0 Å². The van der Waals surface area contributed by atoms with Crippen molar-refractivity contribution in [1.82, 2.24) is 14.8 Å². The molecular formula is C12H14ClN3O2S. The van der Waals surface area contributed by atoms with E-state index in [-0.39, 0.29) is 4.90 Å². The highest BCUT2D eigenvalue weighted by molar-refractivity contribution is 7.90. The zero-order chi connectivity index (χ0) is 14.0. The van der Waals surface area contributed by atoms with E-state index in [2.05, 4.69) is 10.2 Å². The molecule has 0 N–H and O–H groups in total. The van der Waals surface area contributed by atoms with Crippen LogP contribution in [0.4, 0.5) is 0 Å². The van der Waals surface area contributed by atoms with Crippen molar-refractivity contribution in [3.8, 4) is 11.4 Å². The second-order valence-electron chi connectivity index (χ2n) is 4.11. The van der Waals surface area contributed by atoms with Gasteiger partial charge in [0.1, 0.15) is 5.82 Å². The number of hydrogen-bond donors (Lipinski definition) is 0. The Morgan fingerprint density at radius 2 is 1.84 bits per heavy atom. The van der Waals surface area contributed by atoms with E-state index in [1.54, 1.807) is 24.3 Å². The molecule has 0 aliphatic heterocycles. The minimum atomic E-state index is -3.18. The Hall–Kier alpha value is -1.40. The first kappa shape index (κ1) is 14.0. The summed E-state index contributed by atoms with van der Waals surface area (Å²) in [6.45, 7) is 2.69. The number of benzene rings is 1. The molecular weight excluding hydrogens is 286 g/mol. The Balaban J connectivity index is 2.46. The molecule has 5 nitrogen and oxygen atoms in total. The van der Waals surface area contributed by atoms with Gasteiger partial charge in [0.05, 0.1) is 10.8 Å². The van der Waals surface area contributed by atoms with E-state index < -0.39 is 9.84 Å². The van der Waals surface area contributed by atoms with E-state index in [1.165, 1.54) is 6.26 Å². The summed E-state index contributed by atoms with van der Waals surface area (Å²) in [5.74, 6) is 1.69. The van der Waals surface area contributed by atoms with E-state index in [4.69, 9.17) is 11.6 Å². The van der Waals surface area contributed by atoms with Gasteiger partial charge in [-0.2, -0.15) is 0 Å². The van der Waals surface area contributed by atoms with Crippen LogP contribution < -0.4 is 0 Å². The summed E-state index contributed by atoms with van der Waals surface area (Å²) in [4.78, 5) is 0.288. The smallest absolute Gasteiger partial charge is 0.175 e. The largest absolute Gasteiger partial charge is 0.310 e. The maximum atomic E-state index is 11.4. The summed E-state index contributed by atoms with van der Waals surface area (Å²) in [5.41, 5.74) is 0.818. The van der Waals surface area contributed by atoms with Crippen molar-refractivity contribution < 1.29 is 8.42 Å². The molecule has 19 heavy (non-hydrogen) atoms. The third-order valence-electron chi connectivity index (χ3n) is 2.80. The minimum Gasteiger partial charge on any atom is -0.310 e. The molecule has 0 saturated carbocycles. The third kappa shape index (κ3) is 2.79. The number of hydrogen-bond acceptors (Lipinski definition) is 4. The first-order valence-electron chi connectivity index (χ1n) is 5.76. The topological polar surface area (TPSA) is 64.8 Å². The predicted octanol–water partition coefficient (Wildman–Crippen LogP) is 2.11. The van der Waals surface area contributed by atoms with Crippen molar-refractivity contribution in [2.24, 2.45) is 0 Å². The molecule has 1 aromatic carbocycles. The zero-order valence-electron chi connectivity index (χ0n) is 10.7. The Morgan fingerprint density at radius 3 is 2.32 bits per heavy atom. The number of aromatic nitrogens is 3. The molecule has 0 fully saturated rings. The van der Waals surface area contributed by atoms with Gasteiger partial charge in [0.15, 0.2) is 15.7 Å². The Kier molecular flexibility index (Phi) is 3.91. The minimum absolute atomic E-state index is 0.288. The van der Waals surface area contributed by atoms with Crippen molar-refractivity contribution >= 4 is 21.4 Å². The van der Waals surface area contributed by atoms with Crippen LogP contribution in [0, 0.1) is 0 Å². The number of nitrogens with zero attached hydrogens (tertiary/aromatic N) is 3. The summed E-state index contributed by atoms with van der Waals surface area (Å²) in [5, 5.41) is 8.11. The van der Waals surface area contributed by atoms with Gasteiger partial charge >= 0.3 is 0 Å². The highest BCUT2D eigenvalue weighted by Crippen LogP contribution is 2.21. The maximum Gasteiger partial charge on any atom is 0.175 e. The second-order valence-corrected chi connectivity index (χ2v) is 6.40. The molecule has 0 saturated heterocycles. The van der Waals surface area contributed by atoms with E-state index >= 15 is 0 Å². The molecule has 102 valence electrons. The number of halogens is 1. The van der Waals surface area contributed by atoms with Gasteiger partial charge < -0.3 is 4.57 Å². The van der Waals surface area contributed by atoms with Crippen molar-refractivity contribution in [3.63, 3.8) is 0 Å². The summed E-state index contributed by atoms with van der Waals surface area (Å²) < 4.78 is 24.7. The van der Waals surface area contributed by atoms with Crippen LogP contribution >= 0.6 is 11.6 Å². The average Bonchev–Trinajstić information content (AvgIpc) is 2.80. The second kappa shape index (κ2) is 5.30. The number of sulfone groups is 1. The number of rotatable bonds is 4. The van der Waals surface area contributed by atoms with Gasteiger partial charge in [-0.1, -0.05) is 0 Å². The molecule has 2 rings (SSSR count). The van der Waals surface area contributed by atoms with Crippen molar-refractivity contribution in [1.29, 1.82) is 0 Å². The average molecular weight is 300 g/mol. The molecule has 0 radical (unpaired) electrons. The standard InChI is InChI=1S/C12H14ClN3O2S/c1-3-16-11(8-13)14-15-12(16)9-4-6-10(7-5-9)19(2,17)18/h4-7H,3,8H2,1-2H3. The van der Waals surface area contributed by atoms with E-state index in [9.17, 15) is 8.42 Å². The van der Waals surface area contributed by atoms with Crippen molar-refractivity contribution in [3.05, 3.63) is 30.1 Å². The molecule has 2 aromatic rings. The Morgan fingerprint density at radius 1 is 1.21 bits per heavy atom. The summed E-state index contributed by atoms with van der Waals surface area (Å²) in [6.07, 6.45) is 1.18. The first-order valence-corrected chi connectivity index (χ1v) is 8.18. The van der Waals surface area contributed by atoms with Crippen LogP contribution in [0.3, 0.4) is 0 Å². The van der Waals surface area contributed by atoms with E-state index in [0.717, 1.165) is 5.56 Å². The molecule has 0 spiro atoms. The lowest BCUT2D eigenvalue weighted by Crippen LogP contribution is -2.02. The molecule has 0 bridgehead atoms. The number of alkyl halides is 1. The predicted molar refractivity (Wildman–Crippen MR) is 73.8 cm³/mol. The Bertz CT molecular complexity index is 678. The summed E-state index contributed by atoms with van der Waals surface area (Å²) in [6, 6.07) is 6.59. The first-order chi connectivity index (χ1) is 8.97. The van der Waals surface area contributed by atoms with Gasteiger partial charge in [0.25, 0.3) is 0 Å². The molecule has 0 aliphatic rings. The lowest BCUT2D eigenvalue weighted by atomic mass is 10.2. The van der Waals surface area contributed by atoms with Gasteiger partial charge in [-0.25, -0.2) is 8.42 Å². The lowest BCUT2D eigenvalue weighted by Gasteiger charge is -2.06. The van der Waals surface area contributed by atoms with Gasteiger partial charge in [-0.15, -0.1) is 21.8 Å². The quantitative estimate of drug-likeness (QED) is 0.811. The highest BCUT2D eigenvalue weighted by Gasteiger charge is 2.13. The lowest BCUT2D eigenvalue weighted by molar-refractivity contribution is 0.602. The summed E-state index contributed by atoms with van der Waals surface area (Å²) >= 11 is 5.79. The van der Waals surface area contributed by atoms with E-state index in [1.807, 2.05) is 11.5 Å². The third-order valence-corrected chi connectivity index (χ3v) is 4.17. The highest BCUT2D eigenvalue weighted by atomic mass is 35.5. The Labute approximate surface area is 117 Å². The van der Waals surface area contributed by atoms with Crippen LogP contribution in [0.5, 0.6) is 0 Å². The van der Waals surface area contributed by atoms with Gasteiger partial charge in [-0.05, 0) is 31.2 Å². The van der Waals surface area contributed by atoms with Crippen LogP contribution in [0.2, 0.25) is 0 Å². The molecule has 1 heterocycles. The normalized spacial score (nSPS) is 11.7. The summed E-state index contributed by atoms with van der Waals surface area (Å²) in [7, 11) is -3.18. The fourth-order valence-corrected chi connectivity index (χ4v) is 2.66. The van der Waals surface area contributed by atoms with Crippen LogP contribution in [-0.2, 0) is 22.3 Å². The molecule has 0 amide bonds. The fourth-order valence-electron chi connectivity index (χ4n) is 1.83. The molecule has 1 aromatic heterocycles.